The molecule has 2 N–H and O–H groups in total. The van der Waals surface area contributed by atoms with Crippen LogP contribution in [0.3, 0.4) is 0 Å². The molecular formula is C14H25N3O2S2. The van der Waals surface area contributed by atoms with E-state index in [9.17, 15) is 4.79 Å². The number of thioether (sulfide) groups is 1. The first-order valence-electron chi connectivity index (χ1n) is 7.46. The molecule has 2 saturated heterocycles. The summed E-state index contributed by atoms with van der Waals surface area (Å²) in [4.78, 5) is 17.3. The van der Waals surface area contributed by atoms with Gasteiger partial charge >= 0.3 is 0 Å². The smallest absolute Gasteiger partial charge is 0.239 e. The van der Waals surface area contributed by atoms with Gasteiger partial charge in [0.15, 0.2) is 0 Å². The molecule has 2 aliphatic heterocycles. The second-order valence-corrected chi connectivity index (χ2v) is 7.34. The summed E-state index contributed by atoms with van der Waals surface area (Å²) in [5, 5.41) is 0. The Bertz CT molecular complexity index is 392. The monoisotopic (exact) mass is 331 g/mol. The van der Waals surface area contributed by atoms with Crippen molar-refractivity contribution in [2.24, 2.45) is 5.73 Å². The molecule has 7 heteroatoms. The van der Waals surface area contributed by atoms with Crippen LogP contribution >= 0.6 is 24.0 Å². The van der Waals surface area contributed by atoms with Gasteiger partial charge in [-0.25, -0.2) is 0 Å². The molecule has 0 saturated carbocycles. The Labute approximate surface area is 136 Å². The lowest BCUT2D eigenvalue weighted by Gasteiger charge is -2.43. The molecule has 2 fully saturated rings. The number of hydrogen-bond donors (Lipinski definition) is 1. The van der Waals surface area contributed by atoms with Crippen molar-refractivity contribution >= 4 is 34.9 Å². The van der Waals surface area contributed by atoms with E-state index in [1.165, 1.54) is 0 Å². The van der Waals surface area contributed by atoms with Gasteiger partial charge in [-0.3, -0.25) is 9.69 Å². The Morgan fingerprint density at radius 1 is 1.29 bits per heavy atom. The highest BCUT2D eigenvalue weighted by Gasteiger charge is 2.39. The lowest BCUT2D eigenvalue weighted by molar-refractivity contribution is -0.140. The third-order valence-electron chi connectivity index (χ3n) is 4.67. The Balaban J connectivity index is 1.91. The zero-order chi connectivity index (χ0) is 15.5. The summed E-state index contributed by atoms with van der Waals surface area (Å²) >= 11 is 6.98. The van der Waals surface area contributed by atoms with Crippen molar-refractivity contribution < 1.29 is 9.53 Å². The van der Waals surface area contributed by atoms with Crippen LogP contribution in [-0.4, -0.2) is 77.1 Å². The summed E-state index contributed by atoms with van der Waals surface area (Å²) < 4.78 is 5.22. The van der Waals surface area contributed by atoms with Crippen LogP contribution in [0.1, 0.15) is 19.8 Å². The van der Waals surface area contributed by atoms with Gasteiger partial charge in [-0.1, -0.05) is 12.2 Å². The van der Waals surface area contributed by atoms with E-state index in [1.807, 2.05) is 11.8 Å². The molecule has 0 aromatic carbocycles. The number of thiocarbonyl (C=S) groups is 1. The Morgan fingerprint density at radius 2 is 1.86 bits per heavy atom. The van der Waals surface area contributed by atoms with Crippen molar-refractivity contribution in [3.63, 3.8) is 0 Å². The van der Waals surface area contributed by atoms with Crippen molar-refractivity contribution in [1.82, 2.24) is 9.80 Å². The number of hydrogen-bond acceptors (Lipinski definition) is 5. The minimum atomic E-state index is -0.0897. The molecule has 0 bridgehead atoms. The molecule has 1 atom stereocenters. The Hall–Kier alpha value is -0.370. The van der Waals surface area contributed by atoms with Gasteiger partial charge in [-0.15, -0.1) is 0 Å². The van der Waals surface area contributed by atoms with Gasteiger partial charge in [0, 0.05) is 26.2 Å². The second kappa shape index (κ2) is 7.26. The van der Waals surface area contributed by atoms with Crippen molar-refractivity contribution in [3.05, 3.63) is 0 Å². The second-order valence-electron chi connectivity index (χ2n) is 5.71. The van der Waals surface area contributed by atoms with Gasteiger partial charge in [0.25, 0.3) is 0 Å². The maximum absolute atomic E-state index is 12.5. The lowest BCUT2D eigenvalue weighted by Crippen LogP contribution is -2.56. The number of ether oxygens (including phenoxy) is 1. The third-order valence-corrected chi connectivity index (χ3v) is 6.60. The number of likely N-dealkylation sites (tertiary alicyclic amines) is 1. The molecule has 5 nitrogen and oxygen atoms in total. The fourth-order valence-corrected chi connectivity index (χ4v) is 4.27. The van der Waals surface area contributed by atoms with Crippen molar-refractivity contribution in [2.45, 2.75) is 30.6 Å². The summed E-state index contributed by atoms with van der Waals surface area (Å²) in [5.41, 5.74) is 5.91. The minimum Gasteiger partial charge on any atom is -0.392 e. The molecular weight excluding hydrogens is 306 g/mol. The van der Waals surface area contributed by atoms with Gasteiger partial charge in [0.05, 0.1) is 29.0 Å². The standard InChI is InChI=1S/C14H25N3O2S2/c1-11(12(18)17-7-9-19-10-8-17)16-5-3-14(21-2,4-6-16)13(15)20/h11H,3-10H2,1-2H3,(H2,15,20). The van der Waals surface area contributed by atoms with Crippen LogP contribution in [0.4, 0.5) is 0 Å². The molecule has 0 spiro atoms. The molecule has 120 valence electrons. The molecule has 0 aromatic rings. The van der Waals surface area contributed by atoms with Crippen LogP contribution < -0.4 is 5.73 Å². The number of carbonyl (C=O) groups is 1. The van der Waals surface area contributed by atoms with E-state index in [2.05, 4.69) is 11.2 Å². The maximum Gasteiger partial charge on any atom is 0.239 e. The average Bonchev–Trinajstić information content (AvgIpc) is 2.54. The molecule has 1 unspecified atom stereocenters. The highest BCUT2D eigenvalue weighted by Crippen LogP contribution is 2.35. The van der Waals surface area contributed by atoms with Crippen molar-refractivity contribution in [1.29, 1.82) is 0 Å². The van der Waals surface area contributed by atoms with E-state index < -0.39 is 0 Å². The molecule has 2 aliphatic rings. The van der Waals surface area contributed by atoms with Crippen LogP contribution in [0.2, 0.25) is 0 Å². The van der Waals surface area contributed by atoms with Gasteiger partial charge < -0.3 is 15.4 Å². The zero-order valence-corrected chi connectivity index (χ0v) is 14.5. The molecule has 0 radical (unpaired) electrons. The number of nitrogens with zero attached hydrogens (tertiary/aromatic N) is 2. The first-order valence-corrected chi connectivity index (χ1v) is 9.09. The number of rotatable bonds is 4. The number of morpholine rings is 1. The summed E-state index contributed by atoms with van der Waals surface area (Å²) in [5.74, 6) is 0.213. The van der Waals surface area contributed by atoms with Crippen LogP contribution in [0.5, 0.6) is 0 Å². The summed E-state index contributed by atoms with van der Waals surface area (Å²) in [7, 11) is 0. The van der Waals surface area contributed by atoms with E-state index in [0.717, 1.165) is 25.9 Å². The first-order chi connectivity index (χ1) is 10.00. The van der Waals surface area contributed by atoms with Gasteiger partial charge in [-0.2, -0.15) is 11.8 Å². The fourth-order valence-electron chi connectivity index (χ4n) is 3.03. The average molecular weight is 332 g/mol. The summed E-state index contributed by atoms with van der Waals surface area (Å²) in [6.45, 7) is 6.46. The number of nitrogens with two attached hydrogens (primary N) is 1. The van der Waals surface area contributed by atoms with Crippen LogP contribution in [-0.2, 0) is 9.53 Å². The van der Waals surface area contributed by atoms with Crippen LogP contribution in [0, 0.1) is 0 Å². The van der Waals surface area contributed by atoms with Crippen LogP contribution in [0.25, 0.3) is 0 Å². The van der Waals surface area contributed by atoms with E-state index in [-0.39, 0.29) is 16.7 Å². The van der Waals surface area contributed by atoms with E-state index in [0.29, 0.717) is 31.3 Å². The molecule has 2 heterocycles. The normalized spacial score (nSPS) is 24.6. The number of piperidine rings is 1. The number of amides is 1. The van der Waals surface area contributed by atoms with Crippen molar-refractivity contribution in [3.8, 4) is 0 Å². The highest BCUT2D eigenvalue weighted by atomic mass is 32.2. The SMILES string of the molecule is CSC1(C(N)=S)CCN(C(C)C(=O)N2CCOCC2)CC1. The van der Waals surface area contributed by atoms with E-state index in [1.54, 1.807) is 11.8 Å². The molecule has 0 aliphatic carbocycles. The predicted molar refractivity (Wildman–Crippen MR) is 90.7 cm³/mol. The fraction of sp³-hybridized carbons (Fsp3) is 0.857. The number of carbonyl (C=O) groups excluding carboxylic acids is 1. The lowest BCUT2D eigenvalue weighted by atomic mass is 9.94. The van der Waals surface area contributed by atoms with Gasteiger partial charge in [0.1, 0.15) is 0 Å². The quantitative estimate of drug-likeness (QED) is 0.766. The molecule has 21 heavy (non-hydrogen) atoms. The highest BCUT2D eigenvalue weighted by molar-refractivity contribution is 8.02. The zero-order valence-electron chi connectivity index (χ0n) is 12.8. The van der Waals surface area contributed by atoms with Gasteiger partial charge in [-0.05, 0) is 26.0 Å². The maximum atomic E-state index is 12.5. The molecule has 2 rings (SSSR count). The van der Waals surface area contributed by atoms with E-state index in [4.69, 9.17) is 22.7 Å². The Morgan fingerprint density at radius 3 is 2.33 bits per heavy atom. The first kappa shape index (κ1) is 17.0. The predicted octanol–water partition coefficient (Wildman–Crippen LogP) is 0.717. The molecule has 0 aromatic heterocycles. The largest absolute Gasteiger partial charge is 0.392 e. The van der Waals surface area contributed by atoms with E-state index >= 15 is 0 Å². The Kier molecular flexibility index (Phi) is 5.88. The van der Waals surface area contributed by atoms with Gasteiger partial charge in [0.2, 0.25) is 5.91 Å². The molecule has 1 amide bonds. The third kappa shape index (κ3) is 3.70. The van der Waals surface area contributed by atoms with Crippen LogP contribution in [0.15, 0.2) is 0 Å². The summed E-state index contributed by atoms with van der Waals surface area (Å²) in [6, 6.07) is -0.0747. The summed E-state index contributed by atoms with van der Waals surface area (Å²) in [6.07, 6.45) is 3.91. The minimum absolute atomic E-state index is 0.0747. The van der Waals surface area contributed by atoms with Crippen molar-refractivity contribution in [2.75, 3.05) is 45.6 Å². The topological polar surface area (TPSA) is 58.8 Å².